The smallest absolute Gasteiger partial charge is 0.123 e. The highest BCUT2D eigenvalue weighted by molar-refractivity contribution is 5.66. The summed E-state index contributed by atoms with van der Waals surface area (Å²) in [7, 11) is 0. The number of hydrogen-bond acceptors (Lipinski definition) is 0. The van der Waals surface area contributed by atoms with E-state index in [4.69, 9.17) is 0 Å². The Bertz CT molecular complexity index is 3220. The summed E-state index contributed by atoms with van der Waals surface area (Å²) >= 11 is 0. The van der Waals surface area contributed by atoms with Crippen molar-refractivity contribution in [3.8, 4) is 44.5 Å². The molecule has 0 atom stereocenters. The molecule has 8 aromatic carbocycles. The number of unbranched alkanes of at least 4 members (excludes halogenated alkanes) is 3. The van der Waals surface area contributed by atoms with Crippen molar-refractivity contribution in [2.75, 3.05) is 0 Å². The molecule has 0 saturated heterocycles. The molecule has 4 saturated carbocycles. The zero-order chi connectivity index (χ0) is 62.9. The molecule has 0 N–H and O–H groups in total. The van der Waals surface area contributed by atoms with Gasteiger partial charge in [0.25, 0.3) is 0 Å². The molecule has 90 heavy (non-hydrogen) atoms. The Morgan fingerprint density at radius 3 is 0.656 bits per heavy atom. The van der Waals surface area contributed by atoms with Gasteiger partial charge >= 0.3 is 0 Å². The third-order valence-electron chi connectivity index (χ3n) is 21.1. The predicted octanol–water partition coefficient (Wildman–Crippen LogP) is 27.0. The van der Waals surface area contributed by atoms with Gasteiger partial charge in [0, 0.05) is 0 Å². The highest BCUT2D eigenvalue weighted by atomic mass is 19.1. The van der Waals surface area contributed by atoms with Crippen molar-refractivity contribution in [1.82, 2.24) is 0 Å². The number of halogens is 4. The van der Waals surface area contributed by atoms with E-state index < -0.39 is 0 Å². The van der Waals surface area contributed by atoms with Gasteiger partial charge in [-0.25, -0.2) is 17.6 Å². The van der Waals surface area contributed by atoms with Crippen LogP contribution in [0.15, 0.2) is 194 Å². The minimum atomic E-state index is -0.178. The number of benzene rings is 8. The van der Waals surface area contributed by atoms with E-state index in [0.717, 1.165) is 69.6 Å². The van der Waals surface area contributed by atoms with Gasteiger partial charge in [0.1, 0.15) is 23.3 Å². The quantitative estimate of drug-likeness (QED) is 0.0593. The van der Waals surface area contributed by atoms with Crippen LogP contribution in [0.4, 0.5) is 17.6 Å². The zero-order valence-corrected chi connectivity index (χ0v) is 55.0. The second-order valence-corrected chi connectivity index (χ2v) is 27.2. The van der Waals surface area contributed by atoms with Crippen LogP contribution in [-0.4, -0.2) is 0 Å². The molecule has 4 heteroatoms. The van der Waals surface area contributed by atoms with Crippen molar-refractivity contribution in [1.29, 1.82) is 0 Å². The van der Waals surface area contributed by atoms with E-state index in [1.165, 1.54) is 260 Å². The monoisotopic (exact) mass is 1210 g/mol. The van der Waals surface area contributed by atoms with Crippen LogP contribution in [0.5, 0.6) is 0 Å². The average Bonchev–Trinajstić information content (AvgIpc) is 3.66. The Labute approximate surface area is 540 Å². The van der Waals surface area contributed by atoms with Crippen LogP contribution >= 0.6 is 0 Å². The van der Waals surface area contributed by atoms with E-state index in [1.54, 1.807) is 0 Å². The van der Waals surface area contributed by atoms with Crippen LogP contribution in [0, 0.1) is 46.9 Å². The largest absolute Gasteiger partial charge is 0.207 e. The molecule has 0 amide bonds. The first-order valence-electron chi connectivity index (χ1n) is 35.5. The molecule has 0 aliphatic heterocycles. The standard InChI is InChI=1S/C23H29F.C22H27F.C21H25F.C20H23F/c1-2-3-4-5-18-6-8-19(9-7-18)20-10-12-21(13-11-20)22-14-16-23(24)17-15-22;1-2-3-4-17-5-7-18(8-6-17)19-9-11-20(12-10-19)21-13-15-22(23)16-14-21;1-2-3-16-4-6-17(7-5-16)18-8-10-19(11-9-18)20-12-14-21(22)15-13-20;1-2-15-3-5-16(6-4-15)17-7-9-18(10-8-17)19-11-13-20(21)14-12-19/h10-19H,2-9H2,1H3;9-18H,2-8H2,1H3;8-17H,2-7H2,1H3;7-16H,2-6H2,1H3. The maximum atomic E-state index is 13.0. The van der Waals surface area contributed by atoms with Gasteiger partial charge in [-0.2, -0.15) is 0 Å². The maximum absolute atomic E-state index is 13.0. The fourth-order valence-corrected chi connectivity index (χ4v) is 15.2. The second-order valence-electron chi connectivity index (χ2n) is 27.2. The maximum Gasteiger partial charge on any atom is 0.123 e. The Morgan fingerprint density at radius 1 is 0.222 bits per heavy atom. The van der Waals surface area contributed by atoms with E-state index in [-0.39, 0.29) is 23.3 Å². The molecule has 0 nitrogen and oxygen atoms in total. The lowest BCUT2D eigenvalue weighted by Crippen LogP contribution is -2.13. The van der Waals surface area contributed by atoms with Gasteiger partial charge in [0.15, 0.2) is 0 Å². The molecule has 0 unspecified atom stereocenters. The van der Waals surface area contributed by atoms with Gasteiger partial charge in [0.05, 0.1) is 0 Å². The van der Waals surface area contributed by atoms with Crippen molar-refractivity contribution in [3.05, 3.63) is 240 Å². The summed E-state index contributed by atoms with van der Waals surface area (Å²) in [6.07, 6.45) is 35.5. The van der Waals surface area contributed by atoms with Gasteiger partial charge < -0.3 is 0 Å². The Kier molecular flexibility index (Phi) is 27.1. The van der Waals surface area contributed by atoms with Crippen molar-refractivity contribution >= 4 is 0 Å². The third kappa shape index (κ3) is 20.7. The van der Waals surface area contributed by atoms with Gasteiger partial charge in [-0.1, -0.05) is 237 Å². The van der Waals surface area contributed by atoms with Crippen LogP contribution in [0.1, 0.15) is 241 Å². The van der Waals surface area contributed by atoms with Gasteiger partial charge in [-0.3, -0.25) is 0 Å². The van der Waals surface area contributed by atoms with Crippen LogP contribution < -0.4 is 0 Å². The lowest BCUT2D eigenvalue weighted by Gasteiger charge is -2.29. The first-order valence-corrected chi connectivity index (χ1v) is 35.5. The van der Waals surface area contributed by atoms with Crippen LogP contribution in [0.25, 0.3) is 44.5 Å². The van der Waals surface area contributed by atoms with Crippen LogP contribution in [0.3, 0.4) is 0 Å². The molecular formula is C86H104F4. The van der Waals surface area contributed by atoms with Gasteiger partial charge in [-0.15, -0.1) is 0 Å². The summed E-state index contributed by atoms with van der Waals surface area (Å²) in [4.78, 5) is 0. The van der Waals surface area contributed by atoms with Crippen molar-refractivity contribution < 1.29 is 17.6 Å². The van der Waals surface area contributed by atoms with E-state index in [2.05, 4.69) is 125 Å². The number of rotatable bonds is 18. The Balaban J connectivity index is 0.000000142. The fourth-order valence-electron chi connectivity index (χ4n) is 15.2. The van der Waals surface area contributed by atoms with E-state index >= 15 is 0 Å². The lowest BCUT2D eigenvalue weighted by molar-refractivity contribution is 0.303. The Morgan fingerprint density at radius 2 is 0.433 bits per heavy atom. The SMILES string of the molecule is CCC1CCC(c2ccc(-c3ccc(F)cc3)cc2)CC1.CCCC1CCC(c2ccc(-c3ccc(F)cc3)cc2)CC1.CCCCC1CCC(c2ccc(-c3ccc(F)cc3)cc2)CC1.CCCCCC1CCC(c2ccc(-c3ccc(F)cc3)cc2)CC1. The molecular weight excluding hydrogens is 1110 g/mol. The molecule has 0 heterocycles. The second kappa shape index (κ2) is 35.9. The molecule has 0 bridgehead atoms. The third-order valence-corrected chi connectivity index (χ3v) is 21.1. The van der Waals surface area contributed by atoms with E-state index in [9.17, 15) is 17.6 Å². The normalized spacial score (nSPS) is 21.5. The summed E-state index contributed by atoms with van der Waals surface area (Å²) in [6.45, 7) is 9.17. The minimum Gasteiger partial charge on any atom is -0.207 e. The zero-order valence-electron chi connectivity index (χ0n) is 55.0. The van der Waals surface area contributed by atoms with Gasteiger partial charge in [0.2, 0.25) is 0 Å². The van der Waals surface area contributed by atoms with Crippen molar-refractivity contribution in [2.45, 2.75) is 218 Å². The van der Waals surface area contributed by atoms with E-state index in [0.29, 0.717) is 0 Å². The topological polar surface area (TPSA) is 0 Å². The molecule has 4 aliphatic carbocycles. The molecule has 0 radical (unpaired) electrons. The molecule has 476 valence electrons. The molecule has 4 fully saturated rings. The molecule has 0 spiro atoms. The summed E-state index contributed by atoms with van der Waals surface area (Å²) < 4.78 is 52.0. The summed E-state index contributed by atoms with van der Waals surface area (Å²) in [5.74, 6) is 6.05. The average molecular weight is 1210 g/mol. The predicted molar refractivity (Wildman–Crippen MR) is 375 cm³/mol. The Hall–Kier alpha value is -6.52. The van der Waals surface area contributed by atoms with Crippen molar-refractivity contribution in [2.24, 2.45) is 23.7 Å². The lowest BCUT2D eigenvalue weighted by atomic mass is 9.77. The minimum absolute atomic E-state index is 0.175. The molecule has 0 aromatic heterocycles. The van der Waals surface area contributed by atoms with Crippen LogP contribution in [0.2, 0.25) is 0 Å². The highest BCUT2D eigenvalue weighted by Crippen LogP contribution is 2.42. The summed E-state index contributed by atoms with van der Waals surface area (Å²) in [5, 5.41) is 0. The molecule has 8 aromatic rings. The number of hydrogen-bond donors (Lipinski definition) is 0. The van der Waals surface area contributed by atoms with E-state index in [1.807, 2.05) is 48.5 Å². The van der Waals surface area contributed by atoms with Gasteiger partial charge in [-0.05, 0) is 265 Å². The molecule has 4 aliphatic rings. The highest BCUT2D eigenvalue weighted by Gasteiger charge is 2.25. The summed E-state index contributed by atoms with van der Waals surface area (Å²) in [5.41, 5.74) is 14.9. The summed E-state index contributed by atoms with van der Waals surface area (Å²) in [6, 6.07) is 62.6. The van der Waals surface area contributed by atoms with Crippen LogP contribution in [-0.2, 0) is 0 Å². The molecule has 12 rings (SSSR count). The van der Waals surface area contributed by atoms with Crippen molar-refractivity contribution in [3.63, 3.8) is 0 Å². The first kappa shape index (κ1) is 67.9. The fraction of sp³-hybridized carbons (Fsp3) is 0.442. The first-order chi connectivity index (χ1) is 44.0.